The van der Waals surface area contributed by atoms with Gasteiger partial charge in [-0.25, -0.2) is 4.79 Å². The van der Waals surface area contributed by atoms with Crippen LogP contribution >= 0.6 is 11.6 Å². The lowest BCUT2D eigenvalue weighted by atomic mass is 9.95. The van der Waals surface area contributed by atoms with Crippen molar-refractivity contribution in [1.82, 2.24) is 5.32 Å². The van der Waals surface area contributed by atoms with Crippen molar-refractivity contribution < 1.29 is 23.7 Å². The number of unbranched alkanes of at least 4 members (excludes halogenated alkanes) is 3. The van der Waals surface area contributed by atoms with Gasteiger partial charge in [0.1, 0.15) is 0 Å². The highest BCUT2D eigenvalue weighted by molar-refractivity contribution is 6.17. The number of alkyl carbamates (subject to hydrolysis) is 1. The zero-order valence-electron chi connectivity index (χ0n) is 21.4. The molecule has 0 spiro atoms. The van der Waals surface area contributed by atoms with Gasteiger partial charge in [0.2, 0.25) is 11.2 Å². The van der Waals surface area contributed by atoms with Gasteiger partial charge in [0.15, 0.2) is 11.5 Å². The van der Waals surface area contributed by atoms with Crippen molar-refractivity contribution in [3.8, 4) is 28.4 Å². The van der Waals surface area contributed by atoms with E-state index in [1.165, 1.54) is 0 Å². The van der Waals surface area contributed by atoms with E-state index in [-0.39, 0.29) is 5.43 Å². The quantitative estimate of drug-likeness (QED) is 0.308. The summed E-state index contributed by atoms with van der Waals surface area (Å²) >= 11 is 5.71. The topological polar surface area (TPSA) is 95.1 Å². The van der Waals surface area contributed by atoms with E-state index in [2.05, 4.69) is 10.6 Å². The number of halogens is 1. The lowest BCUT2D eigenvalue weighted by Gasteiger charge is -2.20. The number of anilines is 1. The number of carbonyl (C=O) groups is 1. The van der Waals surface area contributed by atoms with E-state index in [1.807, 2.05) is 12.1 Å². The number of benzene rings is 1. The monoisotopic (exact) mass is 518 g/mol. The minimum absolute atomic E-state index is 0.180. The maximum absolute atomic E-state index is 13.0. The Morgan fingerprint density at radius 3 is 2.44 bits per heavy atom. The number of fused-ring (bicyclic) bond motifs is 3. The zero-order chi connectivity index (χ0) is 26.1. The van der Waals surface area contributed by atoms with Crippen LogP contribution in [0.2, 0.25) is 0 Å². The molecule has 0 aromatic heterocycles. The SMILES string of the molecule is CNc1ccc2c(cc1=O)[C@@H](NC(=O)OCCCCCCCl)CCc1cc(OC)c(OC)c(OC)c1-2. The molecule has 2 N–H and O–H groups in total. The Bertz CT molecular complexity index is 1120. The molecule has 3 rings (SSSR count). The highest BCUT2D eigenvalue weighted by Gasteiger charge is 2.30. The first kappa shape index (κ1) is 27.5. The Hall–Kier alpha value is -3.13. The van der Waals surface area contributed by atoms with Crippen LogP contribution in [0.4, 0.5) is 10.5 Å². The third kappa shape index (κ3) is 6.16. The molecule has 8 nitrogen and oxygen atoms in total. The summed E-state index contributed by atoms with van der Waals surface area (Å²) in [4.78, 5) is 25.7. The summed E-state index contributed by atoms with van der Waals surface area (Å²) in [5.41, 5.74) is 3.49. The lowest BCUT2D eigenvalue weighted by molar-refractivity contribution is 0.139. The van der Waals surface area contributed by atoms with E-state index in [0.717, 1.165) is 42.4 Å². The van der Waals surface area contributed by atoms with Crippen LogP contribution in [-0.4, -0.2) is 47.0 Å². The molecule has 0 radical (unpaired) electrons. The number of hydrogen-bond donors (Lipinski definition) is 2. The van der Waals surface area contributed by atoms with Gasteiger partial charge < -0.3 is 29.6 Å². The van der Waals surface area contributed by atoms with Crippen molar-refractivity contribution in [2.75, 3.05) is 46.2 Å². The number of nitrogens with one attached hydrogen (secondary N) is 2. The Labute approximate surface area is 217 Å². The first-order valence-electron chi connectivity index (χ1n) is 12.2. The fourth-order valence-electron chi connectivity index (χ4n) is 4.57. The van der Waals surface area contributed by atoms with Crippen LogP contribution in [0.25, 0.3) is 11.1 Å². The van der Waals surface area contributed by atoms with E-state index in [9.17, 15) is 9.59 Å². The largest absolute Gasteiger partial charge is 0.493 e. The van der Waals surface area contributed by atoms with Crippen molar-refractivity contribution in [3.63, 3.8) is 0 Å². The smallest absolute Gasteiger partial charge is 0.407 e. The molecule has 1 aliphatic rings. The first-order chi connectivity index (χ1) is 17.5. The third-order valence-corrected chi connectivity index (χ3v) is 6.63. The van der Waals surface area contributed by atoms with Crippen LogP contribution in [0, 0.1) is 0 Å². The number of aryl methyl sites for hydroxylation is 1. The van der Waals surface area contributed by atoms with Gasteiger partial charge in [0.25, 0.3) is 0 Å². The molecule has 0 unspecified atom stereocenters. The molecule has 2 aromatic carbocycles. The predicted octanol–water partition coefficient (Wildman–Crippen LogP) is 5.29. The number of alkyl halides is 1. The summed E-state index contributed by atoms with van der Waals surface area (Å²) in [6.07, 6.45) is 4.35. The van der Waals surface area contributed by atoms with Gasteiger partial charge in [0, 0.05) is 18.5 Å². The number of carbonyl (C=O) groups excluding carboxylic acids is 1. The zero-order valence-corrected chi connectivity index (χ0v) is 22.1. The van der Waals surface area contributed by atoms with E-state index < -0.39 is 12.1 Å². The molecule has 1 atom stereocenters. The van der Waals surface area contributed by atoms with Gasteiger partial charge in [0.05, 0.1) is 39.7 Å². The van der Waals surface area contributed by atoms with Crippen LogP contribution in [-0.2, 0) is 11.2 Å². The third-order valence-electron chi connectivity index (χ3n) is 6.36. The number of methoxy groups -OCH3 is 3. The minimum Gasteiger partial charge on any atom is -0.493 e. The van der Waals surface area contributed by atoms with E-state index in [0.29, 0.717) is 53.8 Å². The molecule has 1 amide bonds. The van der Waals surface area contributed by atoms with Crippen molar-refractivity contribution in [1.29, 1.82) is 0 Å². The van der Waals surface area contributed by atoms with Crippen LogP contribution in [0.15, 0.2) is 29.1 Å². The van der Waals surface area contributed by atoms with Gasteiger partial charge in [-0.05, 0) is 60.6 Å². The van der Waals surface area contributed by atoms with Crippen LogP contribution < -0.4 is 30.3 Å². The summed E-state index contributed by atoms with van der Waals surface area (Å²) in [6, 6.07) is 6.67. The Balaban J connectivity index is 2.02. The van der Waals surface area contributed by atoms with Crippen molar-refractivity contribution >= 4 is 23.4 Å². The molecule has 36 heavy (non-hydrogen) atoms. The lowest BCUT2D eigenvalue weighted by Crippen LogP contribution is -2.30. The van der Waals surface area contributed by atoms with E-state index in [1.54, 1.807) is 40.5 Å². The standard InChI is InChI=1S/C27H35ClN2O6/c1-29-21-12-10-18-19(16-22(21)31)20(30-27(32)36-14-8-6-5-7-13-28)11-9-17-15-23(33-2)25(34-3)26(35-4)24(17)18/h10,12,15-16,20H,5-9,11,13-14H2,1-4H3,(H,29,31)(H,30,32)/t20-/m0/s1. The molecule has 1 aliphatic carbocycles. The van der Waals surface area contributed by atoms with Gasteiger partial charge in [-0.1, -0.05) is 18.9 Å². The number of ether oxygens (including phenoxy) is 4. The van der Waals surface area contributed by atoms with Crippen molar-refractivity contribution in [2.45, 2.75) is 44.6 Å². The summed E-state index contributed by atoms with van der Waals surface area (Å²) < 4.78 is 22.4. The predicted molar refractivity (Wildman–Crippen MR) is 142 cm³/mol. The highest BCUT2D eigenvalue weighted by atomic mass is 35.5. The average molecular weight is 519 g/mol. The molecule has 9 heteroatoms. The first-order valence-corrected chi connectivity index (χ1v) is 12.7. The van der Waals surface area contributed by atoms with Gasteiger partial charge in [-0.3, -0.25) is 4.79 Å². The molecular formula is C27H35ClN2O6. The fourth-order valence-corrected chi connectivity index (χ4v) is 4.76. The molecule has 0 saturated heterocycles. The molecule has 196 valence electrons. The normalized spacial score (nSPS) is 14.1. The second-order valence-electron chi connectivity index (χ2n) is 8.53. The molecule has 0 heterocycles. The van der Waals surface area contributed by atoms with Gasteiger partial charge in [-0.2, -0.15) is 0 Å². The van der Waals surface area contributed by atoms with Crippen LogP contribution in [0.3, 0.4) is 0 Å². The molecule has 0 aliphatic heterocycles. The molecular weight excluding hydrogens is 484 g/mol. The number of hydrogen-bond acceptors (Lipinski definition) is 7. The summed E-state index contributed by atoms with van der Waals surface area (Å²) in [6.45, 7) is 0.329. The molecule has 2 aromatic rings. The van der Waals surface area contributed by atoms with Crippen molar-refractivity contribution in [2.24, 2.45) is 0 Å². The summed E-state index contributed by atoms with van der Waals surface area (Å²) in [5, 5.41) is 5.92. The Kier molecular flexibility index (Phi) is 10.1. The van der Waals surface area contributed by atoms with Crippen LogP contribution in [0.5, 0.6) is 17.2 Å². The Morgan fingerprint density at radius 1 is 1.03 bits per heavy atom. The summed E-state index contributed by atoms with van der Waals surface area (Å²) in [5.74, 6) is 2.17. The molecule has 0 bridgehead atoms. The second-order valence-corrected chi connectivity index (χ2v) is 8.91. The molecule has 0 saturated carbocycles. The highest BCUT2D eigenvalue weighted by Crippen LogP contribution is 2.50. The van der Waals surface area contributed by atoms with Gasteiger partial charge in [-0.15, -0.1) is 11.6 Å². The van der Waals surface area contributed by atoms with Gasteiger partial charge >= 0.3 is 6.09 Å². The number of rotatable bonds is 11. The Morgan fingerprint density at radius 2 is 1.78 bits per heavy atom. The number of amides is 1. The van der Waals surface area contributed by atoms with E-state index >= 15 is 0 Å². The fraction of sp³-hybridized carbons (Fsp3) is 0.481. The molecule has 0 fully saturated rings. The minimum atomic E-state index is -0.510. The second kappa shape index (κ2) is 13.3. The average Bonchev–Trinajstić information content (AvgIpc) is 3.13. The maximum atomic E-state index is 13.0. The summed E-state index contributed by atoms with van der Waals surface area (Å²) in [7, 11) is 6.40. The van der Waals surface area contributed by atoms with E-state index in [4.69, 9.17) is 30.5 Å². The van der Waals surface area contributed by atoms with Crippen molar-refractivity contribution in [3.05, 3.63) is 45.6 Å². The van der Waals surface area contributed by atoms with Crippen LogP contribution in [0.1, 0.15) is 49.3 Å². The maximum Gasteiger partial charge on any atom is 0.407 e.